The van der Waals surface area contributed by atoms with Crippen LogP contribution in [0, 0.1) is 13.8 Å². The first-order valence-corrected chi connectivity index (χ1v) is 10.9. The molecule has 33 heavy (non-hydrogen) atoms. The molecule has 2 N–H and O–H groups in total. The molecule has 0 aromatic carbocycles. The average molecular weight is 455 g/mol. The van der Waals surface area contributed by atoms with Crippen LogP contribution in [0.2, 0.25) is 0 Å². The van der Waals surface area contributed by atoms with Gasteiger partial charge in [0.25, 0.3) is 11.7 Å². The normalized spacial score (nSPS) is 17.8. The van der Waals surface area contributed by atoms with Crippen molar-refractivity contribution >= 4 is 23.4 Å². The molecule has 9 heteroatoms. The Morgan fingerprint density at radius 2 is 2.03 bits per heavy atom. The van der Waals surface area contributed by atoms with Gasteiger partial charge >= 0.3 is 5.97 Å². The van der Waals surface area contributed by atoms with Gasteiger partial charge in [-0.15, -0.1) is 0 Å². The lowest BCUT2D eigenvalue weighted by molar-refractivity contribution is -0.139. The molecule has 3 heterocycles. The summed E-state index contributed by atoms with van der Waals surface area (Å²) in [4.78, 5) is 49.0. The fourth-order valence-electron chi connectivity index (χ4n) is 4.20. The van der Waals surface area contributed by atoms with Crippen LogP contribution in [0.15, 0.2) is 30.1 Å². The number of nitrogens with zero attached hydrogens (tertiary/aromatic N) is 3. The molecule has 2 aromatic rings. The molecule has 0 aliphatic carbocycles. The first-order valence-electron chi connectivity index (χ1n) is 10.9. The van der Waals surface area contributed by atoms with E-state index in [-0.39, 0.29) is 23.6 Å². The highest BCUT2D eigenvalue weighted by Crippen LogP contribution is 2.40. The number of aryl methyl sites for hydroxylation is 1. The summed E-state index contributed by atoms with van der Waals surface area (Å²) in [5.74, 6) is -2.30. The second kappa shape index (κ2) is 9.99. The van der Waals surface area contributed by atoms with Crippen molar-refractivity contribution in [3.05, 3.63) is 58.2 Å². The number of ketones is 1. The molecule has 0 radical (unpaired) electrons. The number of ether oxygens (including phenoxy) is 1. The average Bonchev–Trinajstić information content (AvgIpc) is 3.21. The predicted octanol–water partition coefficient (Wildman–Crippen LogP) is 2.58. The molecular weight excluding hydrogens is 424 g/mol. The summed E-state index contributed by atoms with van der Waals surface area (Å²) in [5, 5.41) is 11.3. The molecule has 1 saturated heterocycles. The van der Waals surface area contributed by atoms with Crippen molar-refractivity contribution in [3.8, 4) is 0 Å². The molecule has 2 aromatic heterocycles. The van der Waals surface area contributed by atoms with Crippen LogP contribution >= 0.6 is 0 Å². The van der Waals surface area contributed by atoms with E-state index in [1.165, 1.54) is 4.90 Å². The second-order valence-corrected chi connectivity index (χ2v) is 8.28. The Morgan fingerprint density at radius 1 is 1.30 bits per heavy atom. The van der Waals surface area contributed by atoms with Gasteiger partial charge in [0.2, 0.25) is 0 Å². The first kappa shape index (κ1) is 24.2. The highest BCUT2D eigenvalue weighted by Gasteiger charge is 2.46. The maximum Gasteiger partial charge on any atom is 0.355 e. The molecule has 3 rings (SSSR count). The van der Waals surface area contributed by atoms with Gasteiger partial charge in [0.15, 0.2) is 0 Å². The fraction of sp³-hybridized carbons (Fsp3) is 0.417. The molecule has 1 amide bonds. The summed E-state index contributed by atoms with van der Waals surface area (Å²) >= 11 is 0. The maximum atomic E-state index is 13.1. The Kier molecular flexibility index (Phi) is 7.33. The number of esters is 1. The number of hydrogen-bond donors (Lipinski definition) is 2. The van der Waals surface area contributed by atoms with E-state index >= 15 is 0 Å². The van der Waals surface area contributed by atoms with Crippen LogP contribution < -0.4 is 0 Å². The van der Waals surface area contributed by atoms with Crippen molar-refractivity contribution in [2.45, 2.75) is 33.2 Å². The Bertz CT molecular complexity index is 1090. The number of carbonyl (C=O) groups is 3. The smallest absolute Gasteiger partial charge is 0.355 e. The molecule has 176 valence electrons. The van der Waals surface area contributed by atoms with Crippen molar-refractivity contribution < 1.29 is 24.2 Å². The number of likely N-dealkylation sites (tertiary alicyclic amines) is 1. The summed E-state index contributed by atoms with van der Waals surface area (Å²) < 4.78 is 5.08. The topological polar surface area (TPSA) is 116 Å². The maximum absolute atomic E-state index is 13.1. The molecular formula is C24H30N4O5. The van der Waals surface area contributed by atoms with Gasteiger partial charge < -0.3 is 24.6 Å². The molecule has 1 unspecified atom stereocenters. The van der Waals surface area contributed by atoms with E-state index in [0.29, 0.717) is 35.3 Å². The molecule has 0 saturated carbocycles. The number of carbonyl (C=O) groups excluding carboxylic acids is 3. The lowest BCUT2D eigenvalue weighted by atomic mass is 9.95. The van der Waals surface area contributed by atoms with E-state index < -0.39 is 23.7 Å². The van der Waals surface area contributed by atoms with Gasteiger partial charge in [-0.25, -0.2) is 4.79 Å². The number of aromatic amines is 1. The summed E-state index contributed by atoms with van der Waals surface area (Å²) in [6, 6.07) is 2.72. The van der Waals surface area contributed by atoms with Gasteiger partial charge in [-0.3, -0.25) is 14.6 Å². The number of aliphatic hydroxyl groups is 1. The number of rotatable bonds is 8. The van der Waals surface area contributed by atoms with Gasteiger partial charge in [0.05, 0.1) is 18.2 Å². The third kappa shape index (κ3) is 4.68. The fourth-order valence-corrected chi connectivity index (χ4v) is 4.20. The number of Topliss-reactive ketones (excluding diaryl/α,β-unsaturated/α-hetero) is 1. The highest BCUT2D eigenvalue weighted by atomic mass is 16.5. The summed E-state index contributed by atoms with van der Waals surface area (Å²) in [6.07, 6.45) is 3.85. The van der Waals surface area contributed by atoms with Crippen LogP contribution in [-0.2, 0) is 14.3 Å². The van der Waals surface area contributed by atoms with E-state index in [2.05, 4.69) is 9.97 Å². The molecule has 0 bridgehead atoms. The number of nitrogens with one attached hydrogen (secondary N) is 1. The van der Waals surface area contributed by atoms with Gasteiger partial charge in [-0.05, 0) is 65.0 Å². The first-order chi connectivity index (χ1) is 15.7. The second-order valence-electron chi connectivity index (χ2n) is 8.28. The standard InChI is InChI=1S/C24H30N4O5/c1-6-33-24(32)19-14(2)17(15(3)26-19)21(29)18-20(16-9-7-10-25-13-16)28(23(31)22(18)30)12-8-11-27(4)5/h7,9-10,13,20,26,29H,6,8,11-12H2,1-5H3/b21-18-. The largest absolute Gasteiger partial charge is 0.507 e. The molecule has 9 nitrogen and oxygen atoms in total. The van der Waals surface area contributed by atoms with Crippen LogP contribution in [0.3, 0.4) is 0 Å². The van der Waals surface area contributed by atoms with Crippen LogP contribution in [-0.4, -0.2) is 76.3 Å². The van der Waals surface area contributed by atoms with Crippen LogP contribution in [0.5, 0.6) is 0 Å². The lowest BCUT2D eigenvalue weighted by Gasteiger charge is -2.25. The third-order valence-corrected chi connectivity index (χ3v) is 5.70. The van der Waals surface area contributed by atoms with E-state index in [1.807, 2.05) is 19.0 Å². The SMILES string of the molecule is CCOC(=O)c1[nH]c(C)c(/C(O)=C2/C(=O)C(=O)N(CCCN(C)C)C2c2cccnc2)c1C. The zero-order chi connectivity index (χ0) is 24.3. The molecule has 1 aliphatic rings. The Morgan fingerprint density at radius 3 is 2.64 bits per heavy atom. The number of H-pyrrole nitrogens is 1. The van der Waals surface area contributed by atoms with Crippen molar-refractivity contribution in [1.29, 1.82) is 0 Å². The van der Waals surface area contributed by atoms with Crippen LogP contribution in [0.25, 0.3) is 5.76 Å². The van der Waals surface area contributed by atoms with E-state index in [0.717, 1.165) is 6.54 Å². The van der Waals surface area contributed by atoms with E-state index in [9.17, 15) is 19.5 Å². The van der Waals surface area contributed by atoms with Crippen molar-refractivity contribution in [3.63, 3.8) is 0 Å². The number of hydrogen-bond acceptors (Lipinski definition) is 7. The number of amides is 1. The highest BCUT2D eigenvalue weighted by molar-refractivity contribution is 6.46. The third-order valence-electron chi connectivity index (χ3n) is 5.70. The quantitative estimate of drug-likeness (QED) is 0.273. The predicted molar refractivity (Wildman–Crippen MR) is 123 cm³/mol. The summed E-state index contributed by atoms with van der Waals surface area (Å²) in [7, 11) is 3.87. The zero-order valence-corrected chi connectivity index (χ0v) is 19.6. The minimum Gasteiger partial charge on any atom is -0.507 e. The van der Waals surface area contributed by atoms with E-state index in [1.54, 1.807) is 45.3 Å². The number of pyridine rings is 1. The van der Waals surface area contributed by atoms with Crippen molar-refractivity contribution in [2.75, 3.05) is 33.8 Å². The molecule has 0 spiro atoms. The molecule has 1 aliphatic heterocycles. The number of aromatic nitrogens is 2. The monoisotopic (exact) mass is 454 g/mol. The van der Waals surface area contributed by atoms with Crippen LogP contribution in [0.4, 0.5) is 0 Å². The Labute approximate surface area is 193 Å². The summed E-state index contributed by atoms with van der Waals surface area (Å²) in [5.41, 5.74) is 2.08. The van der Waals surface area contributed by atoms with Crippen molar-refractivity contribution in [1.82, 2.24) is 19.8 Å². The van der Waals surface area contributed by atoms with Gasteiger partial charge in [-0.1, -0.05) is 6.07 Å². The number of aliphatic hydroxyl groups excluding tert-OH is 1. The minimum atomic E-state index is -0.777. The Balaban J connectivity index is 2.13. The van der Waals surface area contributed by atoms with Crippen LogP contribution in [0.1, 0.15) is 52.3 Å². The van der Waals surface area contributed by atoms with Gasteiger partial charge in [0, 0.05) is 30.2 Å². The molecule has 1 fully saturated rings. The Hall–Kier alpha value is -3.46. The molecule has 1 atom stereocenters. The minimum absolute atomic E-state index is 0.0153. The van der Waals surface area contributed by atoms with Gasteiger partial charge in [0.1, 0.15) is 11.5 Å². The summed E-state index contributed by atoms with van der Waals surface area (Å²) in [6.45, 7) is 6.35. The van der Waals surface area contributed by atoms with Crippen molar-refractivity contribution in [2.24, 2.45) is 0 Å². The lowest BCUT2D eigenvalue weighted by Crippen LogP contribution is -2.32. The van der Waals surface area contributed by atoms with Gasteiger partial charge in [-0.2, -0.15) is 0 Å². The van der Waals surface area contributed by atoms with E-state index in [4.69, 9.17) is 4.74 Å². The zero-order valence-electron chi connectivity index (χ0n) is 19.6.